The first-order valence-electron chi connectivity index (χ1n) is 5.36. The highest BCUT2D eigenvalue weighted by molar-refractivity contribution is 9.10. The van der Waals surface area contributed by atoms with Gasteiger partial charge in [-0.3, -0.25) is 0 Å². The van der Waals surface area contributed by atoms with Crippen LogP contribution in [0.1, 0.15) is 6.92 Å². The largest absolute Gasteiger partial charge is 0.494 e. The monoisotopic (exact) mass is 371 g/mol. The Bertz CT molecular complexity index is 550. The van der Waals surface area contributed by atoms with Crippen LogP contribution in [-0.4, -0.2) is 35.3 Å². The highest BCUT2D eigenvalue weighted by Crippen LogP contribution is 2.35. The van der Waals surface area contributed by atoms with Crippen molar-refractivity contribution in [3.8, 4) is 5.75 Å². The minimum Gasteiger partial charge on any atom is -0.494 e. The van der Waals surface area contributed by atoms with Crippen molar-refractivity contribution in [1.82, 2.24) is 4.72 Å². The van der Waals surface area contributed by atoms with Crippen LogP contribution < -0.4 is 9.46 Å². The molecule has 1 aromatic rings. The first kappa shape index (κ1) is 16.7. The maximum absolute atomic E-state index is 12.3. The van der Waals surface area contributed by atoms with Crippen LogP contribution in [0.5, 0.6) is 5.75 Å². The van der Waals surface area contributed by atoms with Crippen molar-refractivity contribution < 1.29 is 17.9 Å². The van der Waals surface area contributed by atoms with Crippen LogP contribution in [0.15, 0.2) is 21.5 Å². The quantitative estimate of drug-likeness (QED) is 0.833. The van der Waals surface area contributed by atoms with E-state index in [0.29, 0.717) is 9.50 Å². The summed E-state index contributed by atoms with van der Waals surface area (Å²) in [7, 11) is -0.843. The van der Waals surface area contributed by atoms with Gasteiger partial charge in [0.2, 0.25) is 10.0 Å². The summed E-state index contributed by atoms with van der Waals surface area (Å²) in [5, 5.41) is 0.299. The molecule has 0 heterocycles. The predicted molar refractivity (Wildman–Crippen MR) is 77.4 cm³/mol. The molecule has 0 saturated carbocycles. The number of ether oxygens (including phenoxy) is 2. The normalized spacial score (nSPS) is 13.3. The molecule has 108 valence electrons. The molecule has 1 unspecified atom stereocenters. The van der Waals surface area contributed by atoms with Crippen LogP contribution in [0.4, 0.5) is 0 Å². The molecule has 0 spiro atoms. The van der Waals surface area contributed by atoms with Gasteiger partial charge in [0.25, 0.3) is 0 Å². The third-order valence-electron chi connectivity index (χ3n) is 2.24. The van der Waals surface area contributed by atoms with Gasteiger partial charge in [0.15, 0.2) is 5.75 Å². The molecule has 19 heavy (non-hydrogen) atoms. The Morgan fingerprint density at radius 1 is 1.42 bits per heavy atom. The fraction of sp³-hybridized carbons (Fsp3) is 0.455. The number of hydrogen-bond acceptors (Lipinski definition) is 4. The Balaban J connectivity index is 3.21. The minimum atomic E-state index is -3.74. The van der Waals surface area contributed by atoms with Crippen molar-refractivity contribution in [1.29, 1.82) is 0 Å². The lowest BCUT2D eigenvalue weighted by molar-refractivity contribution is 0.180. The lowest BCUT2D eigenvalue weighted by Crippen LogP contribution is -2.35. The molecule has 8 heteroatoms. The predicted octanol–water partition coefficient (Wildman–Crippen LogP) is 2.42. The van der Waals surface area contributed by atoms with Gasteiger partial charge in [0.05, 0.1) is 18.2 Å². The smallest absolute Gasteiger partial charge is 0.244 e. The van der Waals surface area contributed by atoms with E-state index in [0.717, 1.165) is 0 Å². The average Bonchev–Trinajstić information content (AvgIpc) is 2.27. The van der Waals surface area contributed by atoms with Crippen molar-refractivity contribution in [2.75, 3.05) is 20.8 Å². The summed E-state index contributed by atoms with van der Waals surface area (Å²) in [6.45, 7) is 1.97. The lowest BCUT2D eigenvalue weighted by Gasteiger charge is -2.16. The van der Waals surface area contributed by atoms with Crippen LogP contribution >= 0.6 is 27.5 Å². The molecule has 0 aliphatic carbocycles. The summed E-state index contributed by atoms with van der Waals surface area (Å²) in [5.74, 6) is 0.210. The first-order valence-corrected chi connectivity index (χ1v) is 8.01. The first-order chi connectivity index (χ1) is 8.81. The van der Waals surface area contributed by atoms with Gasteiger partial charge in [-0.05, 0) is 35.0 Å². The Hall–Kier alpha value is -0.340. The van der Waals surface area contributed by atoms with E-state index in [1.165, 1.54) is 20.3 Å². The van der Waals surface area contributed by atoms with Crippen LogP contribution in [0, 0.1) is 0 Å². The molecule has 1 rings (SSSR count). The lowest BCUT2D eigenvalue weighted by atomic mass is 10.3. The Morgan fingerprint density at radius 3 is 2.58 bits per heavy atom. The van der Waals surface area contributed by atoms with Gasteiger partial charge in [0.1, 0.15) is 4.90 Å². The molecule has 1 aromatic carbocycles. The van der Waals surface area contributed by atoms with Gasteiger partial charge in [-0.15, -0.1) is 0 Å². The van der Waals surface area contributed by atoms with Gasteiger partial charge in [0, 0.05) is 18.2 Å². The second-order valence-electron chi connectivity index (χ2n) is 3.90. The average molecular weight is 373 g/mol. The molecule has 0 aliphatic heterocycles. The molecular weight excluding hydrogens is 358 g/mol. The van der Waals surface area contributed by atoms with Crippen molar-refractivity contribution in [2.24, 2.45) is 0 Å². The summed E-state index contributed by atoms with van der Waals surface area (Å²) in [6, 6.07) is 2.54. The molecule has 0 bridgehead atoms. The topological polar surface area (TPSA) is 64.6 Å². The number of halogens is 2. The molecule has 0 amide bonds. The van der Waals surface area contributed by atoms with Gasteiger partial charge in [-0.25, -0.2) is 13.1 Å². The summed E-state index contributed by atoms with van der Waals surface area (Å²) in [5.41, 5.74) is 0. The fourth-order valence-corrected chi connectivity index (χ4v) is 4.16. The third kappa shape index (κ3) is 4.32. The highest BCUT2D eigenvalue weighted by atomic mass is 79.9. The summed E-state index contributed by atoms with van der Waals surface area (Å²) in [6.07, 6.45) is 0. The second-order valence-corrected chi connectivity index (χ2v) is 6.87. The zero-order chi connectivity index (χ0) is 14.6. The van der Waals surface area contributed by atoms with Crippen LogP contribution in [0.25, 0.3) is 0 Å². The molecule has 0 radical (unpaired) electrons. The van der Waals surface area contributed by atoms with Crippen molar-refractivity contribution >= 4 is 37.6 Å². The molecule has 1 atom stereocenters. The number of nitrogens with one attached hydrogen (secondary N) is 1. The molecular formula is C11H15BrClNO4S. The van der Waals surface area contributed by atoms with Crippen LogP contribution in [0.3, 0.4) is 0 Å². The van der Waals surface area contributed by atoms with E-state index in [4.69, 9.17) is 21.1 Å². The Morgan fingerprint density at radius 2 is 2.05 bits per heavy atom. The van der Waals surface area contributed by atoms with Crippen molar-refractivity contribution in [3.05, 3.63) is 21.6 Å². The number of hydrogen-bond donors (Lipinski definition) is 1. The third-order valence-corrected chi connectivity index (χ3v) is 4.64. The second kappa shape index (κ2) is 6.90. The molecule has 1 N–H and O–H groups in total. The summed E-state index contributed by atoms with van der Waals surface area (Å²) >= 11 is 9.10. The Kier molecular flexibility index (Phi) is 6.07. The van der Waals surface area contributed by atoms with Crippen LogP contribution in [0.2, 0.25) is 5.02 Å². The molecule has 5 nitrogen and oxygen atoms in total. The zero-order valence-corrected chi connectivity index (χ0v) is 13.9. The SMILES string of the molecule is COCC(C)NS(=O)(=O)c1cc(Cl)cc(Br)c1OC. The van der Waals surface area contributed by atoms with E-state index in [9.17, 15) is 8.42 Å². The standard InChI is InChI=1S/C11H15BrClNO4S/c1-7(6-17-2)14-19(15,16)10-5-8(13)4-9(12)11(10)18-3/h4-5,7,14H,6H2,1-3H3. The highest BCUT2D eigenvalue weighted by Gasteiger charge is 2.24. The molecule has 0 fully saturated rings. The number of benzene rings is 1. The number of methoxy groups -OCH3 is 2. The summed E-state index contributed by atoms with van der Waals surface area (Å²) < 4.78 is 37.5. The number of sulfonamides is 1. The van der Waals surface area contributed by atoms with E-state index >= 15 is 0 Å². The van der Waals surface area contributed by atoms with Gasteiger partial charge in [-0.1, -0.05) is 11.6 Å². The van der Waals surface area contributed by atoms with E-state index in [1.807, 2.05) is 0 Å². The summed E-state index contributed by atoms with van der Waals surface area (Å²) in [4.78, 5) is -0.0164. The van der Waals surface area contributed by atoms with Crippen molar-refractivity contribution in [3.63, 3.8) is 0 Å². The van der Waals surface area contributed by atoms with Gasteiger partial charge >= 0.3 is 0 Å². The maximum Gasteiger partial charge on any atom is 0.244 e. The molecule has 0 aliphatic rings. The van der Waals surface area contributed by atoms with Gasteiger partial charge in [-0.2, -0.15) is 0 Å². The molecule has 0 saturated heterocycles. The zero-order valence-electron chi connectivity index (χ0n) is 10.7. The van der Waals surface area contributed by atoms with E-state index in [1.54, 1.807) is 13.0 Å². The van der Waals surface area contributed by atoms with E-state index in [-0.39, 0.29) is 23.3 Å². The fourth-order valence-electron chi connectivity index (χ4n) is 1.55. The van der Waals surface area contributed by atoms with E-state index < -0.39 is 10.0 Å². The molecule has 0 aromatic heterocycles. The van der Waals surface area contributed by atoms with Gasteiger partial charge < -0.3 is 9.47 Å². The maximum atomic E-state index is 12.3. The number of rotatable bonds is 6. The van der Waals surface area contributed by atoms with E-state index in [2.05, 4.69) is 20.7 Å². The Labute approximate surface area is 126 Å². The minimum absolute atomic E-state index is 0.0164. The van der Waals surface area contributed by atoms with Crippen LogP contribution in [-0.2, 0) is 14.8 Å². The van der Waals surface area contributed by atoms with Crippen molar-refractivity contribution in [2.45, 2.75) is 17.9 Å².